The lowest BCUT2D eigenvalue weighted by atomic mass is 9.93. The first-order valence-corrected chi connectivity index (χ1v) is 11.1. The number of methoxy groups -OCH3 is 2. The first kappa shape index (κ1) is 23.3. The van der Waals surface area contributed by atoms with E-state index in [-0.39, 0.29) is 11.8 Å². The number of fused-ring (bicyclic) bond motifs is 1. The van der Waals surface area contributed by atoms with Crippen LogP contribution in [0.15, 0.2) is 82.8 Å². The van der Waals surface area contributed by atoms with Crippen LogP contribution in [0.1, 0.15) is 24.0 Å². The number of aliphatic imine (C=N–C) groups is 2. The summed E-state index contributed by atoms with van der Waals surface area (Å²) in [7, 11) is 3.15. The molecule has 0 radical (unpaired) electrons. The van der Waals surface area contributed by atoms with Crippen molar-refractivity contribution in [2.45, 2.75) is 12.8 Å². The Labute approximate surface area is 203 Å². The van der Waals surface area contributed by atoms with Crippen molar-refractivity contribution in [2.75, 3.05) is 14.2 Å². The molecule has 7 heteroatoms. The van der Waals surface area contributed by atoms with Crippen LogP contribution < -0.4 is 14.8 Å². The maximum Gasteiger partial charge on any atom is 0.249 e. The number of amidine groups is 1. The molecule has 1 amide bonds. The highest BCUT2D eigenvalue weighted by atomic mass is 35.5. The second kappa shape index (κ2) is 10.4. The number of ether oxygens (including phenoxy) is 2. The van der Waals surface area contributed by atoms with Gasteiger partial charge in [0.25, 0.3) is 0 Å². The molecule has 0 saturated carbocycles. The van der Waals surface area contributed by atoms with Gasteiger partial charge in [-0.3, -0.25) is 9.79 Å². The molecule has 1 atom stereocenters. The van der Waals surface area contributed by atoms with Crippen molar-refractivity contribution < 1.29 is 14.3 Å². The molecule has 3 aromatic rings. The topological polar surface area (TPSA) is 72.3 Å². The van der Waals surface area contributed by atoms with E-state index in [2.05, 4.69) is 5.32 Å². The maximum atomic E-state index is 12.9. The van der Waals surface area contributed by atoms with Crippen LogP contribution in [0, 0.1) is 0 Å². The number of hydrogen-bond donors (Lipinski definition) is 1. The Bertz CT molecular complexity index is 1300. The Morgan fingerprint density at radius 1 is 0.941 bits per heavy atom. The molecule has 1 aliphatic heterocycles. The summed E-state index contributed by atoms with van der Waals surface area (Å²) >= 11 is 6.10. The van der Waals surface area contributed by atoms with E-state index in [1.54, 1.807) is 32.4 Å². The standard InChI is InChI=1S/C27H24ClN3O3/c1-17-26(19-10-12-20(28)13-11-19)27(30-22-7-5-4-6-21(22)29-17)31-25(32)15-9-18-8-14-23(33-2)24(16-18)34-3/h4-16,26H,1-3H3,(H,30,31,32)/b15-9+/t26-/m0/s1. The Hall–Kier alpha value is -3.90. The Kier molecular flexibility index (Phi) is 7.09. The van der Waals surface area contributed by atoms with E-state index < -0.39 is 0 Å². The molecule has 1 heterocycles. The summed E-state index contributed by atoms with van der Waals surface area (Å²) < 4.78 is 10.6. The van der Waals surface area contributed by atoms with Crippen molar-refractivity contribution in [2.24, 2.45) is 9.98 Å². The molecule has 0 fully saturated rings. The van der Waals surface area contributed by atoms with Crippen molar-refractivity contribution in [1.82, 2.24) is 5.32 Å². The summed E-state index contributed by atoms with van der Waals surface area (Å²) in [4.78, 5) is 22.5. The van der Waals surface area contributed by atoms with Gasteiger partial charge in [-0.15, -0.1) is 0 Å². The second-order valence-corrected chi connectivity index (χ2v) is 8.10. The quantitative estimate of drug-likeness (QED) is 0.454. The molecule has 172 valence electrons. The van der Waals surface area contributed by atoms with Gasteiger partial charge in [0.05, 0.1) is 31.5 Å². The number of nitrogens with zero attached hydrogens (tertiary/aromatic N) is 2. The molecule has 0 saturated heterocycles. The minimum Gasteiger partial charge on any atom is -0.493 e. The highest BCUT2D eigenvalue weighted by Gasteiger charge is 2.26. The van der Waals surface area contributed by atoms with Gasteiger partial charge < -0.3 is 14.8 Å². The fourth-order valence-corrected chi connectivity index (χ4v) is 3.88. The monoisotopic (exact) mass is 473 g/mol. The molecule has 1 aliphatic rings. The van der Waals surface area contributed by atoms with Crippen LogP contribution in [-0.2, 0) is 4.79 Å². The number of amides is 1. The number of carbonyl (C=O) groups excluding carboxylic acids is 1. The lowest BCUT2D eigenvalue weighted by Crippen LogP contribution is -2.36. The van der Waals surface area contributed by atoms with Crippen LogP contribution in [0.4, 0.5) is 11.4 Å². The minimum atomic E-state index is -0.330. The van der Waals surface area contributed by atoms with E-state index >= 15 is 0 Å². The Morgan fingerprint density at radius 2 is 1.62 bits per heavy atom. The molecule has 4 rings (SSSR count). The van der Waals surface area contributed by atoms with Crippen LogP contribution in [0.3, 0.4) is 0 Å². The van der Waals surface area contributed by atoms with Crippen LogP contribution in [-0.4, -0.2) is 31.7 Å². The first-order chi connectivity index (χ1) is 16.5. The molecule has 0 unspecified atom stereocenters. The summed E-state index contributed by atoms with van der Waals surface area (Å²) in [6, 6.07) is 20.5. The van der Waals surface area contributed by atoms with E-state index in [0.717, 1.165) is 22.5 Å². The fraction of sp³-hybridized carbons (Fsp3) is 0.148. The number of carbonyl (C=O) groups is 1. The molecule has 34 heavy (non-hydrogen) atoms. The molecule has 1 N–H and O–H groups in total. The zero-order chi connectivity index (χ0) is 24.1. The van der Waals surface area contributed by atoms with Gasteiger partial charge in [0.1, 0.15) is 5.84 Å². The first-order valence-electron chi connectivity index (χ1n) is 10.7. The molecular weight excluding hydrogens is 450 g/mol. The van der Waals surface area contributed by atoms with Gasteiger partial charge in [-0.05, 0) is 60.5 Å². The average Bonchev–Trinajstić information content (AvgIpc) is 2.98. The van der Waals surface area contributed by atoms with E-state index in [1.807, 2.05) is 61.5 Å². The second-order valence-electron chi connectivity index (χ2n) is 7.66. The number of nitrogens with one attached hydrogen (secondary N) is 1. The van der Waals surface area contributed by atoms with Gasteiger partial charge in [-0.25, -0.2) is 4.99 Å². The number of halogens is 1. The normalized spacial score (nSPS) is 15.1. The van der Waals surface area contributed by atoms with E-state index in [0.29, 0.717) is 28.0 Å². The van der Waals surface area contributed by atoms with Crippen LogP contribution >= 0.6 is 11.6 Å². The summed E-state index contributed by atoms with van der Waals surface area (Å²) in [6.45, 7) is 1.93. The van der Waals surface area contributed by atoms with Crippen LogP contribution in [0.25, 0.3) is 6.08 Å². The Morgan fingerprint density at radius 3 is 2.29 bits per heavy atom. The van der Waals surface area contributed by atoms with Crippen molar-refractivity contribution in [3.63, 3.8) is 0 Å². The molecule has 0 spiro atoms. The summed E-state index contributed by atoms with van der Waals surface area (Å²) in [5, 5.41) is 3.60. The molecule has 3 aromatic carbocycles. The van der Waals surface area contributed by atoms with E-state index in [1.165, 1.54) is 6.08 Å². The van der Waals surface area contributed by atoms with Crippen molar-refractivity contribution >= 4 is 46.5 Å². The van der Waals surface area contributed by atoms with Gasteiger partial charge in [-0.2, -0.15) is 0 Å². The minimum absolute atomic E-state index is 0.306. The van der Waals surface area contributed by atoms with Crippen molar-refractivity contribution in [3.05, 3.63) is 89.0 Å². The zero-order valence-corrected chi connectivity index (χ0v) is 19.8. The predicted molar refractivity (Wildman–Crippen MR) is 137 cm³/mol. The van der Waals surface area contributed by atoms with Crippen LogP contribution in [0.2, 0.25) is 5.02 Å². The summed E-state index contributed by atoms with van der Waals surface area (Å²) in [5.41, 5.74) is 3.99. The smallest absolute Gasteiger partial charge is 0.249 e. The number of para-hydroxylation sites is 2. The molecule has 0 bridgehead atoms. The molecule has 0 aliphatic carbocycles. The number of rotatable bonds is 5. The highest BCUT2D eigenvalue weighted by molar-refractivity contribution is 6.30. The van der Waals surface area contributed by atoms with Gasteiger partial charge in [0.2, 0.25) is 5.91 Å². The van der Waals surface area contributed by atoms with Crippen molar-refractivity contribution in [3.8, 4) is 11.5 Å². The number of benzene rings is 3. The molecule has 0 aromatic heterocycles. The lowest BCUT2D eigenvalue weighted by molar-refractivity contribution is -0.115. The van der Waals surface area contributed by atoms with E-state index in [9.17, 15) is 4.79 Å². The maximum absolute atomic E-state index is 12.9. The highest BCUT2D eigenvalue weighted by Crippen LogP contribution is 2.34. The van der Waals surface area contributed by atoms with Gasteiger partial charge in [-0.1, -0.05) is 41.9 Å². The van der Waals surface area contributed by atoms with Crippen LogP contribution in [0.5, 0.6) is 11.5 Å². The van der Waals surface area contributed by atoms with Gasteiger partial charge >= 0.3 is 0 Å². The summed E-state index contributed by atoms with van der Waals surface area (Å²) in [6.07, 6.45) is 3.17. The predicted octanol–water partition coefficient (Wildman–Crippen LogP) is 6.11. The van der Waals surface area contributed by atoms with E-state index in [4.69, 9.17) is 31.1 Å². The summed E-state index contributed by atoms with van der Waals surface area (Å²) in [5.74, 6) is 1.07. The largest absolute Gasteiger partial charge is 0.493 e. The third-order valence-corrected chi connectivity index (χ3v) is 5.65. The molecular formula is C27H24ClN3O3. The average molecular weight is 474 g/mol. The molecule has 6 nitrogen and oxygen atoms in total. The zero-order valence-electron chi connectivity index (χ0n) is 19.1. The van der Waals surface area contributed by atoms with Crippen molar-refractivity contribution in [1.29, 1.82) is 0 Å². The Balaban J connectivity index is 1.65. The third kappa shape index (κ3) is 5.18. The third-order valence-electron chi connectivity index (χ3n) is 5.40. The van der Waals surface area contributed by atoms with Gasteiger partial charge in [0, 0.05) is 16.8 Å². The van der Waals surface area contributed by atoms with Gasteiger partial charge in [0.15, 0.2) is 11.5 Å². The number of hydrogen-bond acceptors (Lipinski definition) is 5. The lowest BCUT2D eigenvalue weighted by Gasteiger charge is -2.19. The SMILES string of the molecule is COc1ccc(/C=C/C(=O)NC2=Nc3ccccc3N=C(C)[C@H]2c2ccc(Cl)cc2)cc1OC. The fourth-order valence-electron chi connectivity index (χ4n) is 3.75.